The fourth-order valence-corrected chi connectivity index (χ4v) is 3.09. The number of likely N-dealkylation sites (tertiary alicyclic amines) is 1. The third kappa shape index (κ3) is 4.84. The highest BCUT2D eigenvalue weighted by Crippen LogP contribution is 2.22. The summed E-state index contributed by atoms with van der Waals surface area (Å²) in [6.07, 6.45) is 6.74. The van der Waals surface area contributed by atoms with Crippen molar-refractivity contribution < 1.29 is 9.53 Å². The first-order valence-electron chi connectivity index (χ1n) is 8.75. The minimum atomic E-state index is 0.252. The van der Waals surface area contributed by atoms with Crippen molar-refractivity contribution in [2.24, 2.45) is 0 Å². The van der Waals surface area contributed by atoms with Gasteiger partial charge in [-0.25, -0.2) is 0 Å². The van der Waals surface area contributed by atoms with Crippen LogP contribution in [0, 0.1) is 0 Å². The average molecular weight is 303 g/mol. The number of aryl methyl sites for hydroxylation is 1. The van der Waals surface area contributed by atoms with E-state index in [-0.39, 0.29) is 5.78 Å². The third-order valence-corrected chi connectivity index (χ3v) is 4.42. The summed E-state index contributed by atoms with van der Waals surface area (Å²) in [6, 6.07) is 5.87. The van der Waals surface area contributed by atoms with Crippen LogP contribution in [0.2, 0.25) is 0 Å². The average Bonchev–Trinajstić information content (AvgIpc) is 2.82. The van der Waals surface area contributed by atoms with E-state index in [1.807, 2.05) is 25.1 Å². The van der Waals surface area contributed by atoms with E-state index in [1.165, 1.54) is 25.7 Å². The number of ketones is 1. The van der Waals surface area contributed by atoms with Crippen LogP contribution in [-0.2, 0) is 6.42 Å². The quantitative estimate of drug-likeness (QED) is 0.710. The van der Waals surface area contributed by atoms with Crippen molar-refractivity contribution in [1.82, 2.24) is 4.90 Å². The molecule has 22 heavy (non-hydrogen) atoms. The summed E-state index contributed by atoms with van der Waals surface area (Å²) in [4.78, 5) is 14.9. The summed E-state index contributed by atoms with van der Waals surface area (Å²) >= 11 is 0. The Balaban J connectivity index is 1.93. The van der Waals surface area contributed by atoms with Crippen LogP contribution < -0.4 is 4.74 Å². The minimum Gasteiger partial charge on any atom is -0.494 e. The van der Waals surface area contributed by atoms with Crippen molar-refractivity contribution in [2.45, 2.75) is 52.4 Å². The van der Waals surface area contributed by atoms with E-state index in [0.717, 1.165) is 42.9 Å². The van der Waals surface area contributed by atoms with Crippen molar-refractivity contribution >= 4 is 5.78 Å². The summed E-state index contributed by atoms with van der Waals surface area (Å²) in [6.45, 7) is 7.94. The Morgan fingerprint density at radius 3 is 2.50 bits per heavy atom. The summed E-state index contributed by atoms with van der Waals surface area (Å²) < 4.78 is 5.61. The highest BCUT2D eigenvalue weighted by Gasteiger charge is 2.13. The smallest absolute Gasteiger partial charge is 0.164 e. The van der Waals surface area contributed by atoms with Crippen LogP contribution in [0.4, 0.5) is 0 Å². The number of Topliss-reactive ketones (excluding diaryl/α,β-unsaturated/α-hetero) is 1. The maximum Gasteiger partial charge on any atom is 0.164 e. The van der Waals surface area contributed by atoms with E-state index in [0.29, 0.717) is 13.0 Å². The van der Waals surface area contributed by atoms with Gasteiger partial charge in [0.25, 0.3) is 0 Å². The SMILES string of the molecule is CCOc1ccc(C(=O)CCN2CCCCCC2)cc1CC. The van der Waals surface area contributed by atoms with E-state index < -0.39 is 0 Å². The fourth-order valence-electron chi connectivity index (χ4n) is 3.09. The molecule has 0 N–H and O–H groups in total. The molecule has 3 nitrogen and oxygen atoms in total. The number of carbonyl (C=O) groups excluding carboxylic acids is 1. The molecule has 1 fully saturated rings. The van der Waals surface area contributed by atoms with Crippen molar-refractivity contribution in [2.75, 3.05) is 26.2 Å². The van der Waals surface area contributed by atoms with Crippen LogP contribution in [0.3, 0.4) is 0 Å². The number of nitrogens with zero attached hydrogens (tertiary/aromatic N) is 1. The number of rotatable bonds is 7. The van der Waals surface area contributed by atoms with Gasteiger partial charge in [-0.05, 0) is 63.0 Å². The molecule has 1 aromatic rings. The zero-order chi connectivity index (χ0) is 15.8. The second-order valence-electron chi connectivity index (χ2n) is 6.04. The Bertz CT molecular complexity index is 476. The predicted octanol–water partition coefficient (Wildman–Crippen LogP) is 4.10. The molecule has 0 aliphatic carbocycles. The first-order chi connectivity index (χ1) is 10.7. The lowest BCUT2D eigenvalue weighted by molar-refractivity contribution is 0.0964. The Kier molecular flexibility index (Phi) is 6.91. The maximum absolute atomic E-state index is 12.4. The molecule has 2 rings (SSSR count). The molecule has 1 aliphatic rings. The molecule has 0 amide bonds. The molecule has 1 aromatic carbocycles. The van der Waals surface area contributed by atoms with Crippen LogP contribution in [0.15, 0.2) is 18.2 Å². The Morgan fingerprint density at radius 2 is 1.86 bits per heavy atom. The van der Waals surface area contributed by atoms with Crippen molar-refractivity contribution in [1.29, 1.82) is 0 Å². The van der Waals surface area contributed by atoms with Gasteiger partial charge in [0.2, 0.25) is 0 Å². The van der Waals surface area contributed by atoms with Crippen LogP contribution in [-0.4, -0.2) is 36.9 Å². The fraction of sp³-hybridized carbons (Fsp3) is 0.632. The molecule has 0 atom stereocenters. The van der Waals surface area contributed by atoms with E-state index in [2.05, 4.69) is 11.8 Å². The summed E-state index contributed by atoms with van der Waals surface area (Å²) in [5.74, 6) is 1.16. The lowest BCUT2D eigenvalue weighted by Gasteiger charge is -2.19. The zero-order valence-corrected chi connectivity index (χ0v) is 14.1. The number of benzene rings is 1. The van der Waals surface area contributed by atoms with Gasteiger partial charge in [-0.3, -0.25) is 4.79 Å². The van der Waals surface area contributed by atoms with Gasteiger partial charge in [-0.15, -0.1) is 0 Å². The Morgan fingerprint density at radius 1 is 1.14 bits per heavy atom. The third-order valence-electron chi connectivity index (χ3n) is 4.42. The highest BCUT2D eigenvalue weighted by molar-refractivity contribution is 5.96. The van der Waals surface area contributed by atoms with Crippen molar-refractivity contribution in [3.05, 3.63) is 29.3 Å². The van der Waals surface area contributed by atoms with E-state index in [1.54, 1.807) is 0 Å². The molecular formula is C19H29NO2. The van der Waals surface area contributed by atoms with E-state index in [9.17, 15) is 4.79 Å². The molecule has 0 saturated carbocycles. The second-order valence-corrected chi connectivity index (χ2v) is 6.04. The van der Waals surface area contributed by atoms with Gasteiger partial charge in [0.1, 0.15) is 5.75 Å². The van der Waals surface area contributed by atoms with Crippen molar-refractivity contribution in [3.63, 3.8) is 0 Å². The zero-order valence-electron chi connectivity index (χ0n) is 14.1. The molecule has 122 valence electrons. The summed E-state index contributed by atoms with van der Waals surface area (Å²) in [7, 11) is 0. The van der Waals surface area contributed by atoms with Crippen LogP contribution >= 0.6 is 0 Å². The largest absolute Gasteiger partial charge is 0.494 e. The topological polar surface area (TPSA) is 29.5 Å². The molecule has 0 spiro atoms. The molecular weight excluding hydrogens is 274 g/mol. The predicted molar refractivity (Wildman–Crippen MR) is 90.8 cm³/mol. The maximum atomic E-state index is 12.4. The molecule has 1 saturated heterocycles. The van der Waals surface area contributed by atoms with E-state index >= 15 is 0 Å². The van der Waals surface area contributed by atoms with Crippen LogP contribution in [0.5, 0.6) is 5.75 Å². The van der Waals surface area contributed by atoms with Gasteiger partial charge in [0, 0.05) is 18.5 Å². The molecule has 1 heterocycles. The normalized spacial score (nSPS) is 16.3. The Hall–Kier alpha value is -1.35. The van der Waals surface area contributed by atoms with Gasteiger partial charge < -0.3 is 9.64 Å². The molecule has 3 heteroatoms. The summed E-state index contributed by atoms with van der Waals surface area (Å²) in [5, 5.41) is 0. The van der Waals surface area contributed by atoms with Gasteiger partial charge in [0.05, 0.1) is 6.61 Å². The molecule has 1 aliphatic heterocycles. The first kappa shape index (κ1) is 17.0. The molecule has 0 unspecified atom stereocenters. The van der Waals surface area contributed by atoms with Crippen molar-refractivity contribution in [3.8, 4) is 5.75 Å². The minimum absolute atomic E-state index is 0.252. The standard InChI is InChI=1S/C19H29NO2/c1-3-16-15-17(9-10-19(16)22-4-2)18(21)11-14-20-12-7-5-6-8-13-20/h9-10,15H,3-8,11-14H2,1-2H3. The lowest BCUT2D eigenvalue weighted by atomic mass is 10.0. The number of hydrogen-bond acceptors (Lipinski definition) is 3. The molecule has 0 bridgehead atoms. The summed E-state index contributed by atoms with van der Waals surface area (Å²) in [5.41, 5.74) is 1.96. The second kappa shape index (κ2) is 8.94. The van der Waals surface area contributed by atoms with Crippen LogP contribution in [0.25, 0.3) is 0 Å². The Labute approximate surface area is 134 Å². The number of carbonyl (C=O) groups is 1. The van der Waals surface area contributed by atoms with Crippen LogP contribution in [0.1, 0.15) is 61.9 Å². The number of ether oxygens (including phenoxy) is 1. The van der Waals surface area contributed by atoms with E-state index in [4.69, 9.17) is 4.74 Å². The van der Waals surface area contributed by atoms with Gasteiger partial charge >= 0.3 is 0 Å². The highest BCUT2D eigenvalue weighted by atomic mass is 16.5. The first-order valence-corrected chi connectivity index (χ1v) is 8.75. The monoisotopic (exact) mass is 303 g/mol. The molecule has 0 radical (unpaired) electrons. The number of hydrogen-bond donors (Lipinski definition) is 0. The molecule has 0 aromatic heterocycles. The van der Waals surface area contributed by atoms with Gasteiger partial charge in [-0.1, -0.05) is 19.8 Å². The lowest BCUT2D eigenvalue weighted by Crippen LogP contribution is -2.27. The van der Waals surface area contributed by atoms with Gasteiger partial charge in [0.15, 0.2) is 5.78 Å². The van der Waals surface area contributed by atoms with Gasteiger partial charge in [-0.2, -0.15) is 0 Å².